The number of nitriles is 2. The van der Waals surface area contributed by atoms with Crippen LogP contribution < -0.4 is 9.47 Å². The second kappa shape index (κ2) is 12.2. The van der Waals surface area contributed by atoms with E-state index in [-0.39, 0.29) is 66.1 Å². The highest BCUT2D eigenvalue weighted by Crippen LogP contribution is 2.27. The monoisotopic (exact) mass is 504 g/mol. The van der Waals surface area contributed by atoms with Gasteiger partial charge in [-0.05, 0) is 64.6 Å². The highest BCUT2D eigenvalue weighted by molar-refractivity contribution is 5.85. The lowest BCUT2D eigenvalue weighted by molar-refractivity contribution is 0.284. The molecule has 0 N–H and O–H groups in total. The molecule has 0 saturated carbocycles. The van der Waals surface area contributed by atoms with Crippen LogP contribution in [0.25, 0.3) is 0 Å². The Bertz CT molecular complexity index is 1140. The minimum Gasteiger partial charge on any atom is -0.486 e. The van der Waals surface area contributed by atoms with Gasteiger partial charge in [-0.2, -0.15) is 10.5 Å². The topological polar surface area (TPSA) is 66.0 Å². The van der Waals surface area contributed by atoms with Crippen LogP contribution in [0.1, 0.15) is 48.6 Å². The summed E-state index contributed by atoms with van der Waals surface area (Å²) in [6.45, 7) is 6.43. The van der Waals surface area contributed by atoms with E-state index in [2.05, 4.69) is 20.8 Å². The molecule has 0 aliphatic heterocycles. The van der Waals surface area contributed by atoms with Crippen LogP contribution in [0.4, 0.5) is 8.78 Å². The first-order chi connectivity index (χ1) is 15.2. The minimum absolute atomic E-state index is 0. The summed E-state index contributed by atoms with van der Waals surface area (Å²) in [6.07, 6.45) is 0. The lowest BCUT2D eigenvalue weighted by Gasteiger charge is -2.22. The van der Waals surface area contributed by atoms with Crippen LogP contribution in [0.5, 0.6) is 11.5 Å². The molecule has 0 amide bonds. The molecule has 0 fully saturated rings. The van der Waals surface area contributed by atoms with Crippen molar-refractivity contribution in [1.29, 1.82) is 10.5 Å². The summed E-state index contributed by atoms with van der Waals surface area (Å²) >= 11 is 0. The van der Waals surface area contributed by atoms with Crippen molar-refractivity contribution in [3.05, 3.63) is 94.0 Å². The summed E-state index contributed by atoms with van der Waals surface area (Å²) in [6, 6.07) is 17.7. The van der Waals surface area contributed by atoms with Gasteiger partial charge < -0.3 is 9.47 Å². The van der Waals surface area contributed by atoms with E-state index in [9.17, 15) is 8.78 Å². The largest absolute Gasteiger partial charge is 0.486 e. The van der Waals surface area contributed by atoms with Crippen LogP contribution >= 0.6 is 24.8 Å². The number of benzene rings is 3. The maximum absolute atomic E-state index is 14.1. The Balaban J connectivity index is 0.00000289. The van der Waals surface area contributed by atoms with Crippen molar-refractivity contribution in [2.75, 3.05) is 0 Å². The molecule has 0 aromatic heterocycles. The van der Waals surface area contributed by atoms with Crippen molar-refractivity contribution >= 4 is 24.8 Å². The van der Waals surface area contributed by atoms with Gasteiger partial charge in [0.1, 0.15) is 13.2 Å². The van der Waals surface area contributed by atoms with Gasteiger partial charge in [-0.25, -0.2) is 8.78 Å². The molecule has 3 rings (SSSR count). The molecule has 0 atom stereocenters. The number of hydrogen-bond acceptors (Lipinski definition) is 4. The number of rotatable bonds is 6. The van der Waals surface area contributed by atoms with Gasteiger partial charge in [-0.3, -0.25) is 0 Å². The van der Waals surface area contributed by atoms with Gasteiger partial charge in [-0.15, -0.1) is 24.8 Å². The third kappa shape index (κ3) is 7.35. The summed E-state index contributed by atoms with van der Waals surface area (Å²) in [5, 5.41) is 17.7. The van der Waals surface area contributed by atoms with E-state index >= 15 is 0 Å². The predicted octanol–water partition coefficient (Wildman–Crippen LogP) is 7.01. The average Bonchev–Trinajstić information content (AvgIpc) is 2.76. The predicted molar refractivity (Wildman–Crippen MR) is 131 cm³/mol. The highest BCUT2D eigenvalue weighted by Gasteiger charge is 2.16. The van der Waals surface area contributed by atoms with Gasteiger partial charge in [0.2, 0.25) is 0 Å². The van der Waals surface area contributed by atoms with Crippen molar-refractivity contribution in [1.82, 2.24) is 0 Å². The molecule has 0 heterocycles. The molecule has 0 aliphatic carbocycles. The van der Waals surface area contributed by atoms with Crippen LogP contribution in [0, 0.1) is 34.3 Å². The molecular formula is C26H24Cl2F2N2O2. The van der Waals surface area contributed by atoms with Gasteiger partial charge in [0.05, 0.1) is 23.3 Å². The van der Waals surface area contributed by atoms with Crippen molar-refractivity contribution in [3.63, 3.8) is 0 Å². The fraction of sp³-hybridized carbons (Fsp3) is 0.231. The highest BCUT2D eigenvalue weighted by atomic mass is 35.5. The Morgan fingerprint density at radius 2 is 1.12 bits per heavy atom. The molecule has 8 heteroatoms. The molecule has 0 unspecified atom stereocenters. The number of halogens is 4. The molecule has 0 spiro atoms. The van der Waals surface area contributed by atoms with Gasteiger partial charge in [0, 0.05) is 0 Å². The van der Waals surface area contributed by atoms with Gasteiger partial charge in [0.15, 0.2) is 23.1 Å². The van der Waals surface area contributed by atoms with E-state index in [4.69, 9.17) is 20.0 Å². The zero-order chi connectivity index (χ0) is 23.3. The van der Waals surface area contributed by atoms with E-state index < -0.39 is 11.6 Å². The van der Waals surface area contributed by atoms with E-state index in [0.717, 1.165) is 28.8 Å². The second-order valence-corrected chi connectivity index (χ2v) is 8.38. The van der Waals surface area contributed by atoms with Gasteiger partial charge in [0.25, 0.3) is 0 Å². The third-order valence-electron chi connectivity index (χ3n) is 4.83. The molecule has 0 saturated heterocycles. The fourth-order valence-corrected chi connectivity index (χ4v) is 3.06. The number of ether oxygens (including phenoxy) is 2. The molecule has 3 aromatic rings. The minimum atomic E-state index is -0.601. The van der Waals surface area contributed by atoms with Gasteiger partial charge >= 0.3 is 0 Å². The first-order valence-corrected chi connectivity index (χ1v) is 9.98. The van der Waals surface area contributed by atoms with Crippen LogP contribution in [-0.2, 0) is 18.6 Å². The maximum atomic E-state index is 14.1. The van der Waals surface area contributed by atoms with Crippen LogP contribution in [-0.4, -0.2) is 0 Å². The SMILES string of the molecule is CC(C)(C)c1cc(COc2ccc(C#N)cc2F)cc(COc2ccc(C#N)cc2F)c1.Cl.Cl. The first kappa shape index (κ1) is 28.7. The molecule has 0 radical (unpaired) electrons. The Morgan fingerprint density at radius 1 is 0.706 bits per heavy atom. The Labute approximate surface area is 210 Å². The number of hydrogen-bond donors (Lipinski definition) is 0. The Kier molecular flexibility index (Phi) is 10.3. The van der Waals surface area contributed by atoms with E-state index in [0.29, 0.717) is 0 Å². The summed E-state index contributed by atoms with van der Waals surface area (Å²) in [4.78, 5) is 0. The molecular weight excluding hydrogens is 481 g/mol. The first-order valence-electron chi connectivity index (χ1n) is 9.98. The quantitative estimate of drug-likeness (QED) is 0.362. The summed E-state index contributed by atoms with van der Waals surface area (Å²) in [7, 11) is 0. The average molecular weight is 505 g/mol. The standard InChI is InChI=1S/C26H22F2N2O2.2ClH/c1-26(2,3)21-9-19(15-31-24-6-4-17(13-29)11-22(24)27)8-20(10-21)16-32-25-7-5-18(14-30)12-23(25)28;;/h4-12H,15-16H2,1-3H3;2*1H. The Morgan fingerprint density at radius 3 is 1.44 bits per heavy atom. The zero-order valence-corrected chi connectivity index (χ0v) is 20.5. The van der Waals surface area contributed by atoms with Crippen LogP contribution in [0.15, 0.2) is 54.6 Å². The molecule has 0 bridgehead atoms. The number of nitrogens with zero attached hydrogens (tertiary/aromatic N) is 2. The van der Waals surface area contributed by atoms with Crippen LogP contribution in [0.2, 0.25) is 0 Å². The van der Waals surface area contributed by atoms with Crippen molar-refractivity contribution in [2.45, 2.75) is 39.4 Å². The fourth-order valence-electron chi connectivity index (χ4n) is 3.06. The Hall–Kier alpha value is -3.32. The molecule has 4 nitrogen and oxygen atoms in total. The van der Waals surface area contributed by atoms with E-state index in [1.807, 2.05) is 30.3 Å². The van der Waals surface area contributed by atoms with E-state index in [1.54, 1.807) is 0 Å². The van der Waals surface area contributed by atoms with Crippen molar-refractivity contribution in [2.24, 2.45) is 0 Å². The smallest absolute Gasteiger partial charge is 0.166 e. The molecule has 34 heavy (non-hydrogen) atoms. The third-order valence-corrected chi connectivity index (χ3v) is 4.83. The molecule has 0 aliphatic rings. The molecule has 3 aromatic carbocycles. The lowest BCUT2D eigenvalue weighted by atomic mass is 9.85. The summed E-state index contributed by atoms with van der Waals surface area (Å²) < 4.78 is 39.5. The summed E-state index contributed by atoms with van der Waals surface area (Å²) in [5.74, 6) is -1.09. The second-order valence-electron chi connectivity index (χ2n) is 8.38. The van der Waals surface area contributed by atoms with E-state index in [1.165, 1.54) is 24.3 Å². The lowest BCUT2D eigenvalue weighted by Crippen LogP contribution is -2.13. The van der Waals surface area contributed by atoms with Gasteiger partial charge in [-0.1, -0.05) is 32.9 Å². The zero-order valence-electron chi connectivity index (χ0n) is 18.9. The van der Waals surface area contributed by atoms with Crippen molar-refractivity contribution < 1.29 is 18.3 Å². The maximum Gasteiger partial charge on any atom is 0.166 e. The van der Waals surface area contributed by atoms with Crippen molar-refractivity contribution in [3.8, 4) is 23.6 Å². The van der Waals surface area contributed by atoms with Crippen LogP contribution in [0.3, 0.4) is 0 Å². The summed E-state index contributed by atoms with van der Waals surface area (Å²) in [5.41, 5.74) is 2.92. The molecule has 178 valence electrons. The normalized spacial score (nSPS) is 10.2.